The third kappa shape index (κ3) is 2.79. The van der Waals surface area contributed by atoms with Gasteiger partial charge in [0.15, 0.2) is 5.82 Å². The first kappa shape index (κ1) is 13.0. The van der Waals surface area contributed by atoms with Gasteiger partial charge in [-0.1, -0.05) is 30.3 Å². The first-order chi connectivity index (χ1) is 10.2. The molecule has 104 valence electrons. The van der Waals surface area contributed by atoms with Crippen LogP contribution in [0.1, 0.15) is 10.4 Å². The zero-order valence-electron chi connectivity index (χ0n) is 11.4. The maximum atomic E-state index is 12.3. The average Bonchev–Trinajstić information content (AvgIpc) is 2.94. The van der Waals surface area contributed by atoms with Crippen LogP contribution >= 0.6 is 0 Å². The molecule has 0 radical (unpaired) electrons. The number of hydrogen-bond acceptors (Lipinski definition) is 4. The summed E-state index contributed by atoms with van der Waals surface area (Å²) in [7, 11) is 1.76. The van der Waals surface area contributed by atoms with Crippen LogP contribution in [-0.4, -0.2) is 26.1 Å². The molecule has 3 aromatic rings. The van der Waals surface area contributed by atoms with E-state index >= 15 is 0 Å². The Bertz CT molecular complexity index is 766. The number of nitrogens with one attached hydrogen (secondary N) is 1. The number of nitrogens with zero attached hydrogens (tertiary/aromatic N) is 4. The quantitative estimate of drug-likeness (QED) is 0.797. The molecule has 0 fully saturated rings. The number of benzene rings is 2. The zero-order valence-corrected chi connectivity index (χ0v) is 11.4. The highest BCUT2D eigenvalue weighted by Gasteiger charge is 2.10. The lowest BCUT2D eigenvalue weighted by Gasteiger charge is -2.06. The van der Waals surface area contributed by atoms with E-state index in [2.05, 4.69) is 20.8 Å². The predicted molar refractivity (Wildman–Crippen MR) is 78.6 cm³/mol. The van der Waals surface area contributed by atoms with Crippen molar-refractivity contribution in [3.05, 3.63) is 60.2 Å². The summed E-state index contributed by atoms with van der Waals surface area (Å²) >= 11 is 0. The molecule has 0 bridgehead atoms. The third-order valence-corrected chi connectivity index (χ3v) is 3.03. The molecule has 21 heavy (non-hydrogen) atoms. The van der Waals surface area contributed by atoms with E-state index in [-0.39, 0.29) is 5.91 Å². The van der Waals surface area contributed by atoms with Crippen LogP contribution in [0, 0.1) is 0 Å². The lowest BCUT2D eigenvalue weighted by atomic mass is 10.1. The molecule has 2 aromatic carbocycles. The summed E-state index contributed by atoms with van der Waals surface area (Å²) in [6, 6.07) is 16.5. The highest BCUT2D eigenvalue weighted by atomic mass is 16.1. The number of aromatic nitrogens is 4. The molecule has 0 spiro atoms. The van der Waals surface area contributed by atoms with Gasteiger partial charge in [-0.05, 0) is 34.7 Å². The minimum Gasteiger partial charge on any atom is -0.322 e. The number of carbonyl (C=O) groups is 1. The molecule has 0 saturated carbocycles. The molecular weight excluding hydrogens is 266 g/mol. The number of tetrazole rings is 1. The van der Waals surface area contributed by atoms with Crippen molar-refractivity contribution in [2.75, 3.05) is 5.32 Å². The van der Waals surface area contributed by atoms with Crippen molar-refractivity contribution in [3.63, 3.8) is 0 Å². The number of aryl methyl sites for hydroxylation is 1. The van der Waals surface area contributed by atoms with Crippen molar-refractivity contribution >= 4 is 11.6 Å². The molecule has 1 aromatic heterocycles. The lowest BCUT2D eigenvalue weighted by molar-refractivity contribution is 0.102. The fourth-order valence-electron chi connectivity index (χ4n) is 2.00. The van der Waals surface area contributed by atoms with Gasteiger partial charge in [0.25, 0.3) is 5.91 Å². The fraction of sp³-hybridized carbons (Fsp3) is 0.0667. The number of carbonyl (C=O) groups excluding carboxylic acids is 1. The van der Waals surface area contributed by atoms with Crippen molar-refractivity contribution in [1.82, 2.24) is 20.2 Å². The van der Waals surface area contributed by atoms with Gasteiger partial charge >= 0.3 is 0 Å². The van der Waals surface area contributed by atoms with E-state index < -0.39 is 0 Å². The second-order valence-electron chi connectivity index (χ2n) is 4.53. The summed E-state index contributed by atoms with van der Waals surface area (Å²) in [6.07, 6.45) is 0. The van der Waals surface area contributed by atoms with E-state index in [0.717, 1.165) is 11.3 Å². The van der Waals surface area contributed by atoms with Crippen molar-refractivity contribution in [3.8, 4) is 11.4 Å². The number of anilines is 1. The number of amides is 1. The number of rotatable bonds is 3. The van der Waals surface area contributed by atoms with Crippen LogP contribution in [0.5, 0.6) is 0 Å². The normalized spacial score (nSPS) is 10.3. The van der Waals surface area contributed by atoms with Crippen molar-refractivity contribution in [2.45, 2.75) is 0 Å². The van der Waals surface area contributed by atoms with Gasteiger partial charge in [0.2, 0.25) is 0 Å². The Labute approximate surface area is 121 Å². The summed E-state index contributed by atoms with van der Waals surface area (Å²) in [5.74, 6) is 0.447. The molecule has 1 N–H and O–H groups in total. The molecule has 6 nitrogen and oxygen atoms in total. The highest BCUT2D eigenvalue weighted by Crippen LogP contribution is 2.17. The molecule has 1 amide bonds. The van der Waals surface area contributed by atoms with Gasteiger partial charge in [0.05, 0.1) is 0 Å². The number of hydrogen-bond donors (Lipinski definition) is 1. The number of para-hydroxylation sites is 1. The van der Waals surface area contributed by atoms with Gasteiger partial charge in [-0.15, -0.1) is 5.10 Å². The maximum absolute atomic E-state index is 12.3. The fourth-order valence-corrected chi connectivity index (χ4v) is 2.00. The van der Waals surface area contributed by atoms with Crippen LogP contribution in [0.25, 0.3) is 11.4 Å². The van der Waals surface area contributed by atoms with Gasteiger partial charge in [0.1, 0.15) is 0 Å². The Kier molecular flexibility index (Phi) is 3.42. The van der Waals surface area contributed by atoms with E-state index in [9.17, 15) is 4.79 Å². The van der Waals surface area contributed by atoms with Crippen LogP contribution in [-0.2, 0) is 7.05 Å². The molecule has 0 saturated heterocycles. The Balaban J connectivity index is 1.86. The minimum atomic E-state index is -0.168. The van der Waals surface area contributed by atoms with E-state index in [1.165, 1.54) is 0 Å². The first-order valence-corrected chi connectivity index (χ1v) is 6.43. The van der Waals surface area contributed by atoms with Gasteiger partial charge in [-0.25, -0.2) is 4.68 Å². The molecule has 0 aliphatic carbocycles. The Morgan fingerprint density at radius 3 is 2.62 bits per heavy atom. The standard InChI is InChI=1S/C15H13N5O/c1-20-14(17-18-19-20)11-6-5-7-12(10-11)15(21)16-13-8-3-2-4-9-13/h2-10H,1H3,(H,16,21). The van der Waals surface area contributed by atoms with E-state index in [0.29, 0.717) is 11.4 Å². The largest absolute Gasteiger partial charge is 0.322 e. The molecule has 0 aliphatic rings. The molecule has 1 heterocycles. The molecule has 0 atom stereocenters. The van der Waals surface area contributed by atoms with Crippen LogP contribution in [0.3, 0.4) is 0 Å². The van der Waals surface area contributed by atoms with Crippen LogP contribution < -0.4 is 5.32 Å². The van der Waals surface area contributed by atoms with E-state index in [4.69, 9.17) is 0 Å². The van der Waals surface area contributed by atoms with Crippen molar-refractivity contribution in [1.29, 1.82) is 0 Å². The highest BCUT2D eigenvalue weighted by molar-refractivity contribution is 6.04. The smallest absolute Gasteiger partial charge is 0.255 e. The van der Waals surface area contributed by atoms with E-state index in [1.807, 2.05) is 42.5 Å². The summed E-state index contributed by atoms with van der Waals surface area (Å²) in [5.41, 5.74) is 2.11. The molecule has 0 unspecified atom stereocenters. The van der Waals surface area contributed by atoms with Crippen molar-refractivity contribution in [2.24, 2.45) is 7.05 Å². The van der Waals surface area contributed by atoms with Gasteiger partial charge in [-0.3, -0.25) is 4.79 Å². The van der Waals surface area contributed by atoms with Crippen molar-refractivity contribution < 1.29 is 4.79 Å². The Hall–Kier alpha value is -3.02. The SMILES string of the molecule is Cn1nnnc1-c1cccc(C(=O)Nc2ccccc2)c1. The summed E-state index contributed by atoms with van der Waals surface area (Å²) in [6.45, 7) is 0. The Morgan fingerprint density at radius 1 is 1.10 bits per heavy atom. The second kappa shape index (κ2) is 5.54. The molecule has 0 aliphatic heterocycles. The van der Waals surface area contributed by atoms with E-state index in [1.54, 1.807) is 23.9 Å². The zero-order chi connectivity index (χ0) is 14.7. The molecule has 6 heteroatoms. The summed E-state index contributed by atoms with van der Waals surface area (Å²) in [4.78, 5) is 12.3. The van der Waals surface area contributed by atoms with Crippen LogP contribution in [0.15, 0.2) is 54.6 Å². The third-order valence-electron chi connectivity index (χ3n) is 3.03. The monoisotopic (exact) mass is 279 g/mol. The second-order valence-corrected chi connectivity index (χ2v) is 4.53. The molecule has 3 rings (SSSR count). The first-order valence-electron chi connectivity index (χ1n) is 6.43. The van der Waals surface area contributed by atoms with Crippen LogP contribution in [0.2, 0.25) is 0 Å². The predicted octanol–water partition coefficient (Wildman–Crippen LogP) is 2.13. The Morgan fingerprint density at radius 2 is 1.90 bits per heavy atom. The lowest BCUT2D eigenvalue weighted by Crippen LogP contribution is -2.11. The van der Waals surface area contributed by atoms with Crippen LogP contribution in [0.4, 0.5) is 5.69 Å². The van der Waals surface area contributed by atoms with Gasteiger partial charge < -0.3 is 5.32 Å². The average molecular weight is 279 g/mol. The summed E-state index contributed by atoms with van der Waals surface area (Å²) in [5, 5.41) is 14.2. The van der Waals surface area contributed by atoms with Gasteiger partial charge in [0, 0.05) is 23.9 Å². The summed E-state index contributed by atoms with van der Waals surface area (Å²) < 4.78 is 1.56. The van der Waals surface area contributed by atoms with Gasteiger partial charge in [-0.2, -0.15) is 0 Å². The topological polar surface area (TPSA) is 72.7 Å². The maximum Gasteiger partial charge on any atom is 0.255 e. The minimum absolute atomic E-state index is 0.168. The molecular formula is C15H13N5O.